The first-order valence-electron chi connectivity index (χ1n) is 8.04. The molecule has 24 heavy (non-hydrogen) atoms. The highest BCUT2D eigenvalue weighted by Gasteiger charge is 2.38. The maximum Gasteiger partial charge on any atom is 0.232 e. The van der Waals surface area contributed by atoms with E-state index >= 15 is 0 Å². The van der Waals surface area contributed by atoms with Gasteiger partial charge in [-0.3, -0.25) is 4.79 Å². The summed E-state index contributed by atoms with van der Waals surface area (Å²) in [6.45, 7) is 2.27. The van der Waals surface area contributed by atoms with E-state index in [1.807, 2.05) is 0 Å². The van der Waals surface area contributed by atoms with Crippen molar-refractivity contribution in [2.24, 2.45) is 11.1 Å². The molecule has 0 bridgehead atoms. The van der Waals surface area contributed by atoms with Gasteiger partial charge in [0.25, 0.3) is 0 Å². The monoisotopic (exact) mass is 338 g/mol. The zero-order chi connectivity index (χ0) is 17.4. The molecule has 1 aromatic carbocycles. The van der Waals surface area contributed by atoms with E-state index in [-0.39, 0.29) is 5.91 Å². The van der Waals surface area contributed by atoms with E-state index in [0.29, 0.717) is 63.0 Å². The van der Waals surface area contributed by atoms with E-state index < -0.39 is 5.41 Å². The maximum atomic E-state index is 12.7. The molecule has 1 aliphatic rings. The Bertz CT molecular complexity index is 544. The van der Waals surface area contributed by atoms with Crippen molar-refractivity contribution in [1.29, 1.82) is 0 Å². The average molecular weight is 338 g/mol. The zero-order valence-corrected chi connectivity index (χ0v) is 14.3. The normalized spacial score (nSPS) is 16.5. The van der Waals surface area contributed by atoms with Gasteiger partial charge in [-0.05, 0) is 25.0 Å². The lowest BCUT2D eigenvalue weighted by molar-refractivity contribution is -0.130. The number of amides is 1. The molecule has 0 saturated carbocycles. The molecular formula is C17H26N2O5. The molecule has 1 aliphatic heterocycles. The summed E-state index contributed by atoms with van der Waals surface area (Å²) >= 11 is 0. The van der Waals surface area contributed by atoms with Crippen molar-refractivity contribution >= 4 is 11.6 Å². The van der Waals surface area contributed by atoms with Crippen LogP contribution in [0, 0.1) is 5.41 Å². The topological polar surface area (TPSA) is 92.0 Å². The number of ether oxygens (including phenoxy) is 4. The van der Waals surface area contributed by atoms with Gasteiger partial charge in [-0.25, -0.2) is 0 Å². The molecule has 0 aliphatic carbocycles. The summed E-state index contributed by atoms with van der Waals surface area (Å²) in [4.78, 5) is 12.7. The first-order chi connectivity index (χ1) is 11.6. The average Bonchev–Trinajstić information content (AvgIpc) is 2.62. The van der Waals surface area contributed by atoms with Crippen LogP contribution < -0.4 is 20.5 Å². The van der Waals surface area contributed by atoms with Crippen molar-refractivity contribution in [3.8, 4) is 11.5 Å². The van der Waals surface area contributed by atoms with Crippen LogP contribution in [-0.2, 0) is 14.3 Å². The lowest BCUT2D eigenvalue weighted by Gasteiger charge is -2.34. The van der Waals surface area contributed by atoms with Crippen LogP contribution in [0.15, 0.2) is 18.2 Å². The number of nitrogens with one attached hydrogen (secondary N) is 1. The molecule has 0 unspecified atom stereocenters. The summed E-state index contributed by atoms with van der Waals surface area (Å²) in [5.41, 5.74) is 5.95. The number of methoxy groups -OCH3 is 2. The largest absolute Gasteiger partial charge is 0.493 e. The van der Waals surface area contributed by atoms with Crippen molar-refractivity contribution in [3.05, 3.63) is 18.2 Å². The molecule has 7 heteroatoms. The molecule has 3 N–H and O–H groups in total. The second-order valence-electron chi connectivity index (χ2n) is 5.76. The summed E-state index contributed by atoms with van der Waals surface area (Å²) in [6, 6.07) is 5.29. The minimum Gasteiger partial charge on any atom is -0.493 e. The Morgan fingerprint density at radius 2 is 2.00 bits per heavy atom. The first kappa shape index (κ1) is 18.5. The standard InChI is InChI=1S/C17H26N2O5/c1-21-9-10-24-15-11-13(3-4-14(15)22-2)19-16(20)17(12-18)5-7-23-8-6-17/h3-4,11H,5-10,12,18H2,1-2H3,(H,19,20). The predicted octanol–water partition coefficient (Wildman–Crippen LogP) is 1.41. The van der Waals surface area contributed by atoms with E-state index in [1.165, 1.54) is 0 Å². The van der Waals surface area contributed by atoms with Crippen molar-refractivity contribution < 1.29 is 23.7 Å². The summed E-state index contributed by atoms with van der Waals surface area (Å²) in [5, 5.41) is 2.94. The van der Waals surface area contributed by atoms with Gasteiger partial charge < -0.3 is 30.0 Å². The van der Waals surface area contributed by atoms with Crippen LogP contribution in [0.2, 0.25) is 0 Å². The third-order valence-electron chi connectivity index (χ3n) is 4.29. The van der Waals surface area contributed by atoms with Crippen LogP contribution in [0.3, 0.4) is 0 Å². The minimum atomic E-state index is -0.574. The fourth-order valence-corrected chi connectivity index (χ4v) is 2.65. The number of carbonyl (C=O) groups is 1. The van der Waals surface area contributed by atoms with Crippen LogP contribution in [-0.4, -0.2) is 53.1 Å². The van der Waals surface area contributed by atoms with Gasteiger partial charge in [0.1, 0.15) is 6.61 Å². The third kappa shape index (κ3) is 4.37. The Morgan fingerprint density at radius 3 is 2.62 bits per heavy atom. The molecule has 0 aromatic heterocycles. The summed E-state index contributed by atoms with van der Waals surface area (Å²) < 4.78 is 21.2. The fourth-order valence-electron chi connectivity index (χ4n) is 2.65. The summed E-state index contributed by atoms with van der Waals surface area (Å²) in [5.74, 6) is 1.08. The van der Waals surface area contributed by atoms with Crippen molar-refractivity contribution in [3.63, 3.8) is 0 Å². The minimum absolute atomic E-state index is 0.0821. The number of nitrogens with two attached hydrogens (primary N) is 1. The lowest BCUT2D eigenvalue weighted by Crippen LogP contribution is -2.46. The Kier molecular flexibility index (Phi) is 6.84. The molecule has 0 atom stereocenters. The maximum absolute atomic E-state index is 12.7. The molecule has 1 heterocycles. The van der Waals surface area contributed by atoms with Gasteiger partial charge in [-0.2, -0.15) is 0 Å². The van der Waals surface area contributed by atoms with Crippen molar-refractivity contribution in [2.45, 2.75) is 12.8 Å². The highest BCUT2D eigenvalue weighted by molar-refractivity contribution is 5.95. The van der Waals surface area contributed by atoms with Gasteiger partial charge in [0.2, 0.25) is 5.91 Å². The van der Waals surface area contributed by atoms with E-state index in [9.17, 15) is 4.79 Å². The molecule has 1 fully saturated rings. The number of rotatable bonds is 8. The van der Waals surface area contributed by atoms with Gasteiger partial charge in [-0.15, -0.1) is 0 Å². The molecule has 0 spiro atoms. The van der Waals surface area contributed by atoms with Crippen molar-refractivity contribution in [2.75, 3.05) is 52.5 Å². The van der Waals surface area contributed by atoms with E-state index in [1.54, 1.807) is 32.4 Å². The molecule has 1 saturated heterocycles. The molecule has 2 rings (SSSR count). The lowest BCUT2D eigenvalue weighted by atomic mass is 9.79. The highest BCUT2D eigenvalue weighted by atomic mass is 16.5. The van der Waals surface area contributed by atoms with Crippen LogP contribution in [0.5, 0.6) is 11.5 Å². The van der Waals surface area contributed by atoms with Gasteiger partial charge in [0.15, 0.2) is 11.5 Å². The third-order valence-corrected chi connectivity index (χ3v) is 4.29. The van der Waals surface area contributed by atoms with Gasteiger partial charge in [0, 0.05) is 38.6 Å². The van der Waals surface area contributed by atoms with E-state index in [4.69, 9.17) is 24.7 Å². The Labute approximate surface area is 142 Å². The Balaban J connectivity index is 2.10. The molecule has 0 radical (unpaired) electrons. The number of carbonyl (C=O) groups excluding carboxylic acids is 1. The number of anilines is 1. The molecule has 1 amide bonds. The Morgan fingerprint density at radius 1 is 1.25 bits per heavy atom. The predicted molar refractivity (Wildman–Crippen MR) is 90.5 cm³/mol. The van der Waals surface area contributed by atoms with E-state index in [0.717, 1.165) is 0 Å². The zero-order valence-electron chi connectivity index (χ0n) is 14.3. The summed E-state index contributed by atoms with van der Waals surface area (Å²) in [6.07, 6.45) is 1.26. The summed E-state index contributed by atoms with van der Waals surface area (Å²) in [7, 11) is 3.18. The van der Waals surface area contributed by atoms with Crippen molar-refractivity contribution in [1.82, 2.24) is 0 Å². The van der Waals surface area contributed by atoms with Gasteiger partial charge in [-0.1, -0.05) is 0 Å². The SMILES string of the molecule is COCCOc1cc(NC(=O)C2(CN)CCOCC2)ccc1OC. The van der Waals surface area contributed by atoms with Crippen LogP contribution >= 0.6 is 0 Å². The van der Waals surface area contributed by atoms with Crippen LogP contribution in [0.4, 0.5) is 5.69 Å². The molecular weight excluding hydrogens is 312 g/mol. The molecule has 1 aromatic rings. The second kappa shape index (κ2) is 8.86. The van der Waals surface area contributed by atoms with Crippen LogP contribution in [0.25, 0.3) is 0 Å². The first-order valence-corrected chi connectivity index (χ1v) is 8.04. The second-order valence-corrected chi connectivity index (χ2v) is 5.76. The molecule has 134 valence electrons. The van der Waals surface area contributed by atoms with Crippen LogP contribution in [0.1, 0.15) is 12.8 Å². The number of hydrogen-bond acceptors (Lipinski definition) is 6. The smallest absolute Gasteiger partial charge is 0.232 e. The Hall–Kier alpha value is -1.83. The van der Waals surface area contributed by atoms with E-state index in [2.05, 4.69) is 5.32 Å². The number of hydrogen-bond donors (Lipinski definition) is 2. The van der Waals surface area contributed by atoms with Gasteiger partial charge in [0.05, 0.1) is 19.1 Å². The van der Waals surface area contributed by atoms with Gasteiger partial charge >= 0.3 is 0 Å². The fraction of sp³-hybridized carbons (Fsp3) is 0.588. The quantitative estimate of drug-likeness (QED) is 0.697. The number of benzene rings is 1. The highest BCUT2D eigenvalue weighted by Crippen LogP contribution is 2.33. The molecule has 7 nitrogen and oxygen atoms in total.